The summed E-state index contributed by atoms with van der Waals surface area (Å²) in [6, 6.07) is 0.740. The van der Waals surface area contributed by atoms with Gasteiger partial charge >= 0.3 is 0 Å². The van der Waals surface area contributed by atoms with Gasteiger partial charge in [0.1, 0.15) is 0 Å². The number of nitrogens with zero attached hydrogens (tertiary/aromatic N) is 1. The molecule has 0 atom stereocenters. The normalized spacial score (nSPS) is 26.5. The van der Waals surface area contributed by atoms with Gasteiger partial charge < -0.3 is 5.32 Å². The Balaban J connectivity index is 1.65. The van der Waals surface area contributed by atoms with Crippen LogP contribution in [0.4, 0.5) is 0 Å². The lowest BCUT2D eigenvalue weighted by Gasteiger charge is -2.38. The minimum absolute atomic E-state index is 0.740. The van der Waals surface area contributed by atoms with Crippen LogP contribution in [0.5, 0.6) is 0 Å². The summed E-state index contributed by atoms with van der Waals surface area (Å²) in [7, 11) is 0. The minimum Gasteiger partial charge on any atom is -0.308 e. The lowest BCUT2D eigenvalue weighted by atomic mass is 9.74. The van der Waals surface area contributed by atoms with E-state index in [2.05, 4.69) is 29.5 Å². The van der Waals surface area contributed by atoms with E-state index >= 15 is 0 Å². The third-order valence-corrected chi connectivity index (χ3v) is 3.81. The first-order valence-corrected chi connectivity index (χ1v) is 6.30. The largest absolute Gasteiger partial charge is 0.308 e. The van der Waals surface area contributed by atoms with Crippen molar-refractivity contribution < 1.29 is 0 Å². The van der Waals surface area contributed by atoms with Crippen molar-refractivity contribution in [1.82, 2.24) is 10.3 Å². The van der Waals surface area contributed by atoms with Crippen LogP contribution in [0.15, 0.2) is 10.9 Å². The van der Waals surface area contributed by atoms with Crippen LogP contribution in [0.2, 0.25) is 0 Å². The maximum atomic E-state index is 4.26. The molecule has 0 saturated heterocycles. The van der Waals surface area contributed by atoms with Gasteiger partial charge in [-0.1, -0.05) is 13.8 Å². The summed E-state index contributed by atoms with van der Waals surface area (Å²) >= 11 is 1.67. The van der Waals surface area contributed by atoms with Gasteiger partial charge in [0, 0.05) is 18.0 Å². The van der Waals surface area contributed by atoms with Crippen molar-refractivity contribution in [3.63, 3.8) is 0 Å². The van der Waals surface area contributed by atoms with Gasteiger partial charge in [-0.05, 0) is 24.7 Å². The van der Waals surface area contributed by atoms with Crippen molar-refractivity contribution in [1.29, 1.82) is 0 Å². The van der Waals surface area contributed by atoms with Gasteiger partial charge in [0.2, 0.25) is 0 Å². The van der Waals surface area contributed by atoms with Gasteiger partial charge in [0.15, 0.2) is 0 Å². The molecule has 0 aliphatic heterocycles. The van der Waals surface area contributed by atoms with Crippen LogP contribution in [0, 0.1) is 11.8 Å². The highest BCUT2D eigenvalue weighted by Crippen LogP contribution is 2.33. The SMILES string of the molecule is CC(C)C1CC(NCc2cscn2)C1. The molecule has 2 nitrogen and oxygen atoms in total. The van der Waals surface area contributed by atoms with Gasteiger partial charge in [0.25, 0.3) is 0 Å². The molecule has 0 radical (unpaired) electrons. The van der Waals surface area contributed by atoms with Crippen LogP contribution in [-0.2, 0) is 6.54 Å². The summed E-state index contributed by atoms with van der Waals surface area (Å²) in [5.41, 5.74) is 3.08. The molecule has 2 rings (SSSR count). The zero-order chi connectivity index (χ0) is 9.97. The van der Waals surface area contributed by atoms with Gasteiger partial charge in [-0.15, -0.1) is 11.3 Å². The fourth-order valence-corrected chi connectivity index (χ4v) is 2.50. The van der Waals surface area contributed by atoms with E-state index in [4.69, 9.17) is 0 Å². The Hall–Kier alpha value is -0.410. The summed E-state index contributed by atoms with van der Waals surface area (Å²) in [6.45, 7) is 5.58. The molecule has 0 bridgehead atoms. The molecule has 0 spiro atoms. The van der Waals surface area contributed by atoms with E-state index in [0.29, 0.717) is 0 Å². The van der Waals surface area contributed by atoms with E-state index in [1.54, 1.807) is 11.3 Å². The number of hydrogen-bond donors (Lipinski definition) is 1. The van der Waals surface area contributed by atoms with Gasteiger partial charge in [-0.3, -0.25) is 0 Å². The van der Waals surface area contributed by atoms with Crippen molar-refractivity contribution in [2.75, 3.05) is 0 Å². The van der Waals surface area contributed by atoms with Gasteiger partial charge in [-0.2, -0.15) is 0 Å². The number of hydrogen-bond acceptors (Lipinski definition) is 3. The number of rotatable bonds is 4. The smallest absolute Gasteiger partial charge is 0.0795 e. The Kier molecular flexibility index (Phi) is 3.19. The molecule has 1 aromatic rings. The molecule has 1 fully saturated rings. The molecular weight excluding hydrogens is 192 g/mol. The second-order valence-electron chi connectivity index (χ2n) is 4.53. The molecule has 1 aliphatic rings. The topological polar surface area (TPSA) is 24.9 Å². The first-order valence-electron chi connectivity index (χ1n) is 5.36. The standard InChI is InChI=1S/C11H18N2S/c1-8(2)9-3-10(4-9)12-5-11-6-14-7-13-11/h6-10,12H,3-5H2,1-2H3. The zero-order valence-corrected chi connectivity index (χ0v) is 9.68. The summed E-state index contributed by atoms with van der Waals surface area (Å²) in [5, 5.41) is 5.67. The van der Waals surface area contributed by atoms with E-state index in [9.17, 15) is 0 Å². The molecule has 1 aromatic heterocycles. The van der Waals surface area contributed by atoms with Crippen LogP contribution in [0.1, 0.15) is 32.4 Å². The van der Waals surface area contributed by atoms with Crippen molar-refractivity contribution in [2.24, 2.45) is 11.8 Å². The second kappa shape index (κ2) is 4.41. The molecule has 1 aliphatic carbocycles. The summed E-state index contributed by atoms with van der Waals surface area (Å²) in [6.07, 6.45) is 2.70. The Morgan fingerprint density at radius 1 is 1.57 bits per heavy atom. The van der Waals surface area contributed by atoms with Crippen molar-refractivity contribution in [3.8, 4) is 0 Å². The van der Waals surface area contributed by atoms with E-state index in [-0.39, 0.29) is 0 Å². The Morgan fingerprint density at radius 3 is 2.93 bits per heavy atom. The van der Waals surface area contributed by atoms with Crippen molar-refractivity contribution >= 4 is 11.3 Å². The Morgan fingerprint density at radius 2 is 2.36 bits per heavy atom. The number of aromatic nitrogens is 1. The van der Waals surface area contributed by atoms with Crippen molar-refractivity contribution in [2.45, 2.75) is 39.3 Å². The van der Waals surface area contributed by atoms with Crippen LogP contribution in [-0.4, -0.2) is 11.0 Å². The predicted molar refractivity (Wildman–Crippen MR) is 60.3 cm³/mol. The molecule has 1 N–H and O–H groups in total. The first-order chi connectivity index (χ1) is 6.75. The maximum Gasteiger partial charge on any atom is 0.0795 e. The highest BCUT2D eigenvalue weighted by molar-refractivity contribution is 7.07. The molecular formula is C11H18N2S. The van der Waals surface area contributed by atoms with E-state index in [0.717, 1.165) is 24.4 Å². The van der Waals surface area contributed by atoms with Crippen LogP contribution in [0.3, 0.4) is 0 Å². The van der Waals surface area contributed by atoms with Crippen LogP contribution >= 0.6 is 11.3 Å². The fraction of sp³-hybridized carbons (Fsp3) is 0.727. The molecule has 3 heteroatoms. The molecule has 78 valence electrons. The lowest BCUT2D eigenvalue weighted by Crippen LogP contribution is -2.42. The van der Waals surface area contributed by atoms with E-state index in [1.165, 1.54) is 18.5 Å². The maximum absolute atomic E-state index is 4.26. The first kappa shape index (κ1) is 10.1. The average Bonchev–Trinajstić information content (AvgIpc) is 2.52. The van der Waals surface area contributed by atoms with Gasteiger partial charge in [-0.25, -0.2) is 4.98 Å². The minimum atomic E-state index is 0.740. The third kappa shape index (κ3) is 2.34. The van der Waals surface area contributed by atoms with E-state index in [1.807, 2.05) is 5.51 Å². The molecule has 0 amide bonds. The molecule has 0 aromatic carbocycles. The summed E-state index contributed by atoms with van der Waals surface area (Å²) < 4.78 is 0. The highest BCUT2D eigenvalue weighted by atomic mass is 32.1. The van der Waals surface area contributed by atoms with Crippen LogP contribution in [0.25, 0.3) is 0 Å². The Bertz CT molecular complexity index is 263. The monoisotopic (exact) mass is 210 g/mol. The van der Waals surface area contributed by atoms with Crippen LogP contribution < -0.4 is 5.32 Å². The zero-order valence-electron chi connectivity index (χ0n) is 8.86. The lowest BCUT2D eigenvalue weighted by molar-refractivity contribution is 0.167. The summed E-state index contributed by atoms with van der Waals surface area (Å²) in [5.74, 6) is 1.80. The summed E-state index contributed by atoms with van der Waals surface area (Å²) in [4.78, 5) is 4.26. The molecule has 14 heavy (non-hydrogen) atoms. The Labute approximate surface area is 89.8 Å². The number of nitrogens with one attached hydrogen (secondary N) is 1. The number of thiazole rings is 1. The predicted octanol–water partition coefficient (Wildman–Crippen LogP) is 2.67. The third-order valence-electron chi connectivity index (χ3n) is 3.17. The fourth-order valence-electron chi connectivity index (χ4n) is 1.95. The molecule has 1 heterocycles. The molecule has 0 unspecified atom stereocenters. The van der Waals surface area contributed by atoms with E-state index < -0.39 is 0 Å². The quantitative estimate of drug-likeness (QED) is 0.826. The van der Waals surface area contributed by atoms with Gasteiger partial charge in [0.05, 0.1) is 11.2 Å². The average molecular weight is 210 g/mol. The van der Waals surface area contributed by atoms with Crippen molar-refractivity contribution in [3.05, 3.63) is 16.6 Å². The molecule has 1 saturated carbocycles. The highest BCUT2D eigenvalue weighted by Gasteiger charge is 2.30. The second-order valence-corrected chi connectivity index (χ2v) is 5.25.